The fourth-order valence-electron chi connectivity index (χ4n) is 3.63. The number of rotatable bonds is 4. The van der Waals surface area contributed by atoms with E-state index in [-0.39, 0.29) is 5.91 Å². The molecular formula is C20H21N5O2. The Morgan fingerprint density at radius 1 is 1.26 bits per heavy atom. The van der Waals surface area contributed by atoms with Crippen molar-refractivity contribution in [2.24, 2.45) is 5.92 Å². The Bertz CT molecular complexity index is 935. The van der Waals surface area contributed by atoms with Gasteiger partial charge in [-0.15, -0.1) is 0 Å². The molecule has 7 nitrogen and oxygen atoms in total. The minimum Gasteiger partial charge on any atom is -0.361 e. The number of aryl methyl sites for hydroxylation is 2. The van der Waals surface area contributed by atoms with Crippen LogP contribution in [0.3, 0.4) is 0 Å². The highest BCUT2D eigenvalue weighted by molar-refractivity contribution is 5.94. The van der Waals surface area contributed by atoms with Gasteiger partial charge in [-0.05, 0) is 44.7 Å². The number of pyridine rings is 1. The Morgan fingerprint density at radius 3 is 2.89 bits per heavy atom. The normalized spacial score (nSPS) is 16.7. The van der Waals surface area contributed by atoms with E-state index < -0.39 is 0 Å². The van der Waals surface area contributed by atoms with Crippen molar-refractivity contribution in [3.05, 3.63) is 59.6 Å². The lowest BCUT2D eigenvalue weighted by atomic mass is 10.0. The molecule has 0 spiro atoms. The van der Waals surface area contributed by atoms with Crippen molar-refractivity contribution < 1.29 is 9.32 Å². The quantitative estimate of drug-likeness (QED) is 0.709. The number of amides is 1. The van der Waals surface area contributed by atoms with Crippen LogP contribution in [0.25, 0.3) is 11.3 Å². The van der Waals surface area contributed by atoms with Gasteiger partial charge in [0.15, 0.2) is 0 Å². The Hall–Kier alpha value is -3.09. The zero-order chi connectivity index (χ0) is 18.8. The smallest absolute Gasteiger partial charge is 0.255 e. The van der Waals surface area contributed by atoms with Crippen molar-refractivity contribution in [2.45, 2.75) is 26.7 Å². The van der Waals surface area contributed by atoms with E-state index in [1.54, 1.807) is 36.9 Å². The molecular weight excluding hydrogens is 342 g/mol. The third-order valence-corrected chi connectivity index (χ3v) is 4.95. The van der Waals surface area contributed by atoms with Crippen molar-refractivity contribution in [1.29, 1.82) is 0 Å². The lowest BCUT2D eigenvalue weighted by Crippen LogP contribution is -2.29. The number of hydrogen-bond acceptors (Lipinski definition) is 6. The molecule has 1 atom stereocenters. The predicted molar refractivity (Wildman–Crippen MR) is 99.0 cm³/mol. The van der Waals surface area contributed by atoms with Crippen LogP contribution in [0, 0.1) is 19.8 Å². The second-order valence-corrected chi connectivity index (χ2v) is 6.95. The van der Waals surface area contributed by atoms with Gasteiger partial charge in [-0.2, -0.15) is 0 Å². The summed E-state index contributed by atoms with van der Waals surface area (Å²) in [4.78, 5) is 27.6. The number of hydrogen-bond donors (Lipinski definition) is 0. The molecule has 3 aromatic rings. The number of carbonyl (C=O) groups is 1. The molecule has 4 rings (SSSR count). The van der Waals surface area contributed by atoms with Crippen LogP contribution in [0.15, 0.2) is 41.4 Å². The molecule has 0 bridgehead atoms. The summed E-state index contributed by atoms with van der Waals surface area (Å²) in [5.41, 5.74) is 4.06. The number of likely N-dealkylation sites (tertiary alicyclic amines) is 1. The van der Waals surface area contributed by atoms with Gasteiger partial charge in [0.25, 0.3) is 5.91 Å². The molecule has 0 aliphatic carbocycles. The number of carbonyl (C=O) groups excluding carboxylic acids is 1. The Kier molecular flexibility index (Phi) is 4.66. The van der Waals surface area contributed by atoms with Crippen LogP contribution >= 0.6 is 0 Å². The van der Waals surface area contributed by atoms with Crippen LogP contribution in [-0.4, -0.2) is 44.0 Å². The van der Waals surface area contributed by atoms with Gasteiger partial charge in [-0.1, -0.05) is 5.16 Å². The van der Waals surface area contributed by atoms with Gasteiger partial charge in [0, 0.05) is 31.7 Å². The zero-order valence-corrected chi connectivity index (χ0v) is 15.4. The lowest BCUT2D eigenvalue weighted by Gasteiger charge is -2.16. The molecule has 1 aliphatic heterocycles. The van der Waals surface area contributed by atoms with Gasteiger partial charge in [0.05, 0.1) is 34.4 Å². The van der Waals surface area contributed by atoms with Crippen LogP contribution in [0.4, 0.5) is 0 Å². The summed E-state index contributed by atoms with van der Waals surface area (Å²) < 4.78 is 5.24. The summed E-state index contributed by atoms with van der Waals surface area (Å²) >= 11 is 0. The van der Waals surface area contributed by atoms with E-state index in [0.717, 1.165) is 54.3 Å². The second-order valence-electron chi connectivity index (χ2n) is 6.95. The van der Waals surface area contributed by atoms with E-state index in [9.17, 15) is 4.79 Å². The molecule has 1 saturated heterocycles. The van der Waals surface area contributed by atoms with E-state index in [4.69, 9.17) is 9.51 Å². The summed E-state index contributed by atoms with van der Waals surface area (Å²) in [5, 5.41) is 3.99. The van der Waals surface area contributed by atoms with Crippen molar-refractivity contribution in [2.75, 3.05) is 13.1 Å². The molecule has 0 saturated carbocycles. The SMILES string of the molecule is Cc1noc(C)c1-c1cncc(CC2CCN(C(=O)c3cccnc3)C2)n1. The number of aromatic nitrogens is 4. The first-order chi connectivity index (χ1) is 13.1. The van der Waals surface area contributed by atoms with Crippen molar-refractivity contribution >= 4 is 5.91 Å². The standard InChI is InChI=1S/C20H21N5O2/c1-13-19(14(2)27-24-13)18-11-22-10-17(23-18)8-15-5-7-25(12-15)20(26)16-4-3-6-21-9-16/h3-4,6,9-11,15H,5,7-8,12H2,1-2H3. The van der Waals surface area contributed by atoms with Gasteiger partial charge >= 0.3 is 0 Å². The minimum absolute atomic E-state index is 0.0427. The maximum absolute atomic E-state index is 12.6. The Balaban J connectivity index is 1.45. The summed E-state index contributed by atoms with van der Waals surface area (Å²) in [6.07, 6.45) is 8.59. The zero-order valence-electron chi connectivity index (χ0n) is 15.4. The topological polar surface area (TPSA) is 85.0 Å². The highest BCUT2D eigenvalue weighted by Gasteiger charge is 2.27. The highest BCUT2D eigenvalue weighted by Crippen LogP contribution is 2.26. The van der Waals surface area contributed by atoms with Crippen molar-refractivity contribution in [3.8, 4) is 11.3 Å². The Labute approximate surface area is 157 Å². The molecule has 1 unspecified atom stereocenters. The molecule has 0 N–H and O–H groups in total. The third-order valence-electron chi connectivity index (χ3n) is 4.95. The van der Waals surface area contributed by atoms with E-state index in [2.05, 4.69) is 15.1 Å². The number of nitrogens with zero attached hydrogens (tertiary/aromatic N) is 5. The lowest BCUT2D eigenvalue weighted by molar-refractivity contribution is 0.0786. The average molecular weight is 363 g/mol. The molecule has 1 amide bonds. The van der Waals surface area contributed by atoms with Crippen LogP contribution < -0.4 is 0 Å². The molecule has 1 aliphatic rings. The summed E-state index contributed by atoms with van der Waals surface area (Å²) in [6, 6.07) is 3.60. The third kappa shape index (κ3) is 3.58. The molecule has 0 radical (unpaired) electrons. The van der Waals surface area contributed by atoms with Crippen molar-refractivity contribution in [1.82, 2.24) is 25.0 Å². The van der Waals surface area contributed by atoms with E-state index in [0.29, 0.717) is 11.5 Å². The first-order valence-corrected chi connectivity index (χ1v) is 9.05. The monoisotopic (exact) mass is 363 g/mol. The fourth-order valence-corrected chi connectivity index (χ4v) is 3.63. The largest absolute Gasteiger partial charge is 0.361 e. The predicted octanol–water partition coefficient (Wildman–Crippen LogP) is 2.85. The van der Waals surface area contributed by atoms with Crippen LogP contribution in [0.5, 0.6) is 0 Å². The van der Waals surface area contributed by atoms with Gasteiger partial charge in [-0.3, -0.25) is 14.8 Å². The second kappa shape index (κ2) is 7.26. The van der Waals surface area contributed by atoms with Crippen LogP contribution in [-0.2, 0) is 6.42 Å². The molecule has 7 heteroatoms. The van der Waals surface area contributed by atoms with E-state index in [1.165, 1.54) is 0 Å². The molecule has 0 aromatic carbocycles. The maximum Gasteiger partial charge on any atom is 0.255 e. The molecule has 1 fully saturated rings. The maximum atomic E-state index is 12.6. The first kappa shape index (κ1) is 17.3. The fraction of sp³-hybridized carbons (Fsp3) is 0.350. The highest BCUT2D eigenvalue weighted by atomic mass is 16.5. The van der Waals surface area contributed by atoms with Gasteiger partial charge in [0.2, 0.25) is 0 Å². The van der Waals surface area contributed by atoms with Crippen LogP contribution in [0.2, 0.25) is 0 Å². The van der Waals surface area contributed by atoms with Gasteiger partial charge < -0.3 is 9.42 Å². The van der Waals surface area contributed by atoms with E-state index >= 15 is 0 Å². The summed E-state index contributed by atoms with van der Waals surface area (Å²) in [6.45, 7) is 5.27. The summed E-state index contributed by atoms with van der Waals surface area (Å²) in [5.74, 6) is 1.16. The van der Waals surface area contributed by atoms with Gasteiger partial charge in [0.1, 0.15) is 5.76 Å². The molecule has 4 heterocycles. The molecule has 138 valence electrons. The minimum atomic E-state index is 0.0427. The average Bonchev–Trinajstić information content (AvgIpc) is 3.28. The van der Waals surface area contributed by atoms with Crippen molar-refractivity contribution in [3.63, 3.8) is 0 Å². The van der Waals surface area contributed by atoms with Crippen LogP contribution in [0.1, 0.15) is 33.9 Å². The molecule has 27 heavy (non-hydrogen) atoms. The van der Waals surface area contributed by atoms with E-state index in [1.807, 2.05) is 18.7 Å². The molecule has 3 aromatic heterocycles. The summed E-state index contributed by atoms with van der Waals surface area (Å²) in [7, 11) is 0. The Morgan fingerprint density at radius 2 is 2.15 bits per heavy atom. The first-order valence-electron chi connectivity index (χ1n) is 9.05. The van der Waals surface area contributed by atoms with Gasteiger partial charge in [-0.25, -0.2) is 4.98 Å².